The van der Waals surface area contributed by atoms with Crippen LogP contribution < -0.4 is 21.1 Å². The molecule has 0 bridgehead atoms. The van der Waals surface area contributed by atoms with E-state index in [4.69, 9.17) is 25.8 Å². The standard InChI is InChI=1S/C24H24N6O2S/c1-14(2)27-21(31)13-32-18-5-3-4-15(11-18)22-29-23(19-8-9-33-24(19)30-22)28-17-6-7-20(26)16(10-17)12-25/h3-12,14,25H,13,26H2,1-2H3,(H,27,31)(H,28,29,30). The zero-order valence-corrected chi connectivity index (χ0v) is 19.1. The minimum atomic E-state index is -0.175. The molecular formula is C24H24N6O2S. The van der Waals surface area contributed by atoms with Crippen LogP contribution >= 0.6 is 11.3 Å². The maximum absolute atomic E-state index is 11.9. The number of nitrogens with zero attached hydrogens (tertiary/aromatic N) is 2. The van der Waals surface area contributed by atoms with E-state index < -0.39 is 0 Å². The lowest BCUT2D eigenvalue weighted by molar-refractivity contribution is -0.123. The number of benzene rings is 2. The maximum Gasteiger partial charge on any atom is 0.258 e. The second-order valence-electron chi connectivity index (χ2n) is 7.69. The molecule has 9 heteroatoms. The van der Waals surface area contributed by atoms with Gasteiger partial charge in [-0.05, 0) is 55.6 Å². The lowest BCUT2D eigenvalue weighted by atomic mass is 10.1. The number of carbonyl (C=O) groups is 1. The molecule has 0 aliphatic heterocycles. The highest BCUT2D eigenvalue weighted by Crippen LogP contribution is 2.31. The van der Waals surface area contributed by atoms with Crippen molar-refractivity contribution in [2.75, 3.05) is 17.7 Å². The molecule has 2 heterocycles. The van der Waals surface area contributed by atoms with Gasteiger partial charge in [0.15, 0.2) is 12.4 Å². The molecule has 0 saturated heterocycles. The molecule has 0 unspecified atom stereocenters. The minimum Gasteiger partial charge on any atom is -0.484 e. The lowest BCUT2D eigenvalue weighted by Crippen LogP contribution is -2.34. The van der Waals surface area contributed by atoms with Crippen molar-refractivity contribution in [2.45, 2.75) is 19.9 Å². The third-order valence-corrected chi connectivity index (χ3v) is 5.55. The molecule has 0 aliphatic rings. The molecule has 5 N–H and O–H groups in total. The third kappa shape index (κ3) is 5.27. The second-order valence-corrected chi connectivity index (χ2v) is 8.58. The normalized spacial score (nSPS) is 10.9. The molecule has 2 aromatic carbocycles. The number of hydrogen-bond donors (Lipinski definition) is 4. The number of ether oxygens (including phenoxy) is 1. The highest BCUT2D eigenvalue weighted by molar-refractivity contribution is 7.16. The van der Waals surface area contributed by atoms with Gasteiger partial charge in [-0.2, -0.15) is 0 Å². The van der Waals surface area contributed by atoms with E-state index in [2.05, 4.69) is 10.6 Å². The molecule has 8 nitrogen and oxygen atoms in total. The van der Waals surface area contributed by atoms with E-state index in [0.717, 1.165) is 21.5 Å². The summed E-state index contributed by atoms with van der Waals surface area (Å²) < 4.78 is 5.65. The molecule has 2 aromatic heterocycles. The molecule has 0 radical (unpaired) electrons. The lowest BCUT2D eigenvalue weighted by Gasteiger charge is -2.12. The molecule has 0 saturated carbocycles. The van der Waals surface area contributed by atoms with Crippen molar-refractivity contribution >= 4 is 50.9 Å². The van der Waals surface area contributed by atoms with E-state index in [9.17, 15) is 4.79 Å². The Morgan fingerprint density at radius 1 is 1.21 bits per heavy atom. The van der Waals surface area contributed by atoms with E-state index in [1.807, 2.05) is 49.6 Å². The van der Waals surface area contributed by atoms with Crippen LogP contribution in [0.3, 0.4) is 0 Å². The van der Waals surface area contributed by atoms with Gasteiger partial charge >= 0.3 is 0 Å². The van der Waals surface area contributed by atoms with Crippen LogP contribution in [-0.4, -0.2) is 34.7 Å². The Bertz CT molecular complexity index is 1320. The average molecular weight is 461 g/mol. The first-order valence-corrected chi connectivity index (χ1v) is 11.3. The van der Waals surface area contributed by atoms with Crippen molar-refractivity contribution in [1.82, 2.24) is 15.3 Å². The molecule has 0 spiro atoms. The molecule has 0 atom stereocenters. The van der Waals surface area contributed by atoms with Crippen LogP contribution in [0, 0.1) is 5.41 Å². The average Bonchev–Trinajstić information content (AvgIpc) is 3.28. The highest BCUT2D eigenvalue weighted by Gasteiger charge is 2.13. The van der Waals surface area contributed by atoms with E-state index in [1.165, 1.54) is 17.6 Å². The van der Waals surface area contributed by atoms with Crippen molar-refractivity contribution in [2.24, 2.45) is 0 Å². The quantitative estimate of drug-likeness (QED) is 0.225. The molecule has 4 rings (SSSR count). The minimum absolute atomic E-state index is 0.0559. The van der Waals surface area contributed by atoms with Crippen molar-refractivity contribution in [1.29, 1.82) is 5.41 Å². The number of nitrogens with one attached hydrogen (secondary N) is 3. The number of thiophene rings is 1. The van der Waals surface area contributed by atoms with Crippen LogP contribution in [0.4, 0.5) is 17.2 Å². The van der Waals surface area contributed by atoms with E-state index in [0.29, 0.717) is 28.6 Å². The number of carbonyl (C=O) groups excluding carboxylic acids is 1. The van der Waals surface area contributed by atoms with Crippen molar-refractivity contribution in [3.8, 4) is 17.1 Å². The summed E-state index contributed by atoms with van der Waals surface area (Å²) in [6, 6.07) is 14.8. The van der Waals surface area contributed by atoms with E-state index in [-0.39, 0.29) is 18.6 Å². The number of aromatic nitrogens is 2. The molecule has 0 fully saturated rings. The van der Waals surface area contributed by atoms with Gasteiger partial charge in [-0.1, -0.05) is 12.1 Å². The van der Waals surface area contributed by atoms with Crippen molar-refractivity contribution in [3.05, 3.63) is 59.5 Å². The van der Waals surface area contributed by atoms with E-state index >= 15 is 0 Å². The van der Waals surface area contributed by atoms with Crippen LogP contribution in [0.15, 0.2) is 53.9 Å². The Labute approximate surface area is 195 Å². The summed E-state index contributed by atoms with van der Waals surface area (Å²) in [6.07, 6.45) is 1.22. The molecule has 1 amide bonds. The van der Waals surface area contributed by atoms with Gasteiger partial charge < -0.3 is 26.5 Å². The zero-order chi connectivity index (χ0) is 23.4. The van der Waals surface area contributed by atoms with Crippen LogP contribution in [-0.2, 0) is 4.79 Å². The first-order chi connectivity index (χ1) is 15.9. The van der Waals surface area contributed by atoms with Crippen LogP contribution in [0.25, 0.3) is 21.6 Å². The number of amides is 1. The highest BCUT2D eigenvalue weighted by atomic mass is 32.1. The predicted molar refractivity (Wildman–Crippen MR) is 134 cm³/mol. The topological polar surface area (TPSA) is 126 Å². The Hall–Kier alpha value is -3.98. The molecule has 0 aliphatic carbocycles. The van der Waals surface area contributed by atoms with E-state index in [1.54, 1.807) is 18.2 Å². The summed E-state index contributed by atoms with van der Waals surface area (Å²) in [5, 5.41) is 16.5. The molecule has 33 heavy (non-hydrogen) atoms. The van der Waals surface area contributed by atoms with Gasteiger partial charge in [0, 0.05) is 34.8 Å². The Balaban J connectivity index is 1.63. The number of anilines is 3. The van der Waals surface area contributed by atoms with Crippen LogP contribution in [0.2, 0.25) is 0 Å². The predicted octanol–water partition coefficient (Wildman–Crippen LogP) is 4.59. The van der Waals surface area contributed by atoms with Crippen LogP contribution in [0.1, 0.15) is 19.4 Å². The zero-order valence-electron chi connectivity index (χ0n) is 18.3. The first kappa shape index (κ1) is 22.2. The summed E-state index contributed by atoms with van der Waals surface area (Å²) >= 11 is 1.52. The molecule has 4 aromatic rings. The van der Waals surface area contributed by atoms with Crippen molar-refractivity contribution < 1.29 is 9.53 Å². The number of nitrogen functional groups attached to an aromatic ring is 1. The summed E-state index contributed by atoms with van der Waals surface area (Å²) in [6.45, 7) is 3.74. The van der Waals surface area contributed by atoms with Crippen molar-refractivity contribution in [3.63, 3.8) is 0 Å². The molecular weight excluding hydrogens is 436 g/mol. The fourth-order valence-corrected chi connectivity index (χ4v) is 4.00. The van der Waals surface area contributed by atoms with Gasteiger partial charge in [-0.15, -0.1) is 11.3 Å². The smallest absolute Gasteiger partial charge is 0.258 e. The summed E-state index contributed by atoms with van der Waals surface area (Å²) in [5.74, 6) is 1.57. The van der Waals surface area contributed by atoms with Gasteiger partial charge in [0.1, 0.15) is 16.4 Å². The summed E-state index contributed by atoms with van der Waals surface area (Å²) in [4.78, 5) is 22.2. The third-order valence-electron chi connectivity index (χ3n) is 4.74. The Morgan fingerprint density at radius 2 is 2.06 bits per heavy atom. The van der Waals surface area contributed by atoms with Crippen LogP contribution in [0.5, 0.6) is 5.75 Å². The summed E-state index contributed by atoms with van der Waals surface area (Å²) in [5.41, 5.74) is 8.62. The SMILES string of the molecule is CC(C)NC(=O)COc1cccc(-c2nc(Nc3ccc(N)c(C=N)c3)c3ccsc3n2)c1. The fraction of sp³-hybridized carbons (Fsp3) is 0.167. The number of fused-ring (bicyclic) bond motifs is 1. The Kier molecular flexibility index (Phi) is 6.50. The van der Waals surface area contributed by atoms with Gasteiger partial charge in [0.25, 0.3) is 5.91 Å². The van der Waals surface area contributed by atoms with Gasteiger partial charge in [-0.25, -0.2) is 9.97 Å². The Morgan fingerprint density at radius 3 is 2.85 bits per heavy atom. The van der Waals surface area contributed by atoms with Gasteiger partial charge in [-0.3, -0.25) is 4.79 Å². The molecule has 168 valence electrons. The maximum atomic E-state index is 11.9. The number of rotatable bonds is 8. The second kappa shape index (κ2) is 9.66. The summed E-state index contributed by atoms with van der Waals surface area (Å²) in [7, 11) is 0. The van der Waals surface area contributed by atoms with Gasteiger partial charge in [0.2, 0.25) is 0 Å². The fourth-order valence-electron chi connectivity index (χ4n) is 3.23. The van der Waals surface area contributed by atoms with Gasteiger partial charge in [0.05, 0.1) is 5.39 Å². The monoisotopic (exact) mass is 460 g/mol. The number of hydrogen-bond acceptors (Lipinski definition) is 8. The first-order valence-electron chi connectivity index (χ1n) is 10.4. The largest absolute Gasteiger partial charge is 0.484 e. The number of nitrogens with two attached hydrogens (primary N) is 1.